The maximum Gasteiger partial charge on any atom is 0.137 e. The number of morpholine rings is 1. The molecular weight excluding hydrogens is 311 g/mol. The van der Waals surface area contributed by atoms with Gasteiger partial charge in [0.15, 0.2) is 0 Å². The van der Waals surface area contributed by atoms with Gasteiger partial charge in [0.2, 0.25) is 0 Å². The van der Waals surface area contributed by atoms with Crippen LogP contribution < -0.4 is 5.73 Å². The first kappa shape index (κ1) is 14.9. The van der Waals surface area contributed by atoms with Crippen LogP contribution in [0.3, 0.4) is 0 Å². The number of hydrogen-bond acceptors (Lipinski definition) is 3. The summed E-state index contributed by atoms with van der Waals surface area (Å²) >= 11 is 3.21. The number of nitrogens with zero attached hydrogens (tertiary/aromatic N) is 1. The highest BCUT2D eigenvalue weighted by atomic mass is 79.9. The topological polar surface area (TPSA) is 38.5 Å². The SMILES string of the molecule is CC(C)(N)CN1CCOC(c2ccc(F)c(Br)c2)C1. The van der Waals surface area contributed by atoms with Crippen molar-refractivity contribution in [1.29, 1.82) is 0 Å². The highest BCUT2D eigenvalue weighted by molar-refractivity contribution is 9.10. The first-order valence-electron chi connectivity index (χ1n) is 6.43. The van der Waals surface area contributed by atoms with Crippen LogP contribution in [-0.4, -0.2) is 36.7 Å². The molecule has 0 aliphatic carbocycles. The van der Waals surface area contributed by atoms with Crippen molar-refractivity contribution in [2.75, 3.05) is 26.2 Å². The minimum absolute atomic E-state index is 0.0204. The van der Waals surface area contributed by atoms with Gasteiger partial charge in [-0.05, 0) is 47.5 Å². The van der Waals surface area contributed by atoms with Gasteiger partial charge in [-0.25, -0.2) is 4.39 Å². The van der Waals surface area contributed by atoms with Gasteiger partial charge in [0.05, 0.1) is 17.2 Å². The molecule has 0 aromatic heterocycles. The lowest BCUT2D eigenvalue weighted by atomic mass is 10.0. The van der Waals surface area contributed by atoms with Crippen molar-refractivity contribution < 1.29 is 9.13 Å². The molecule has 1 atom stereocenters. The zero-order valence-electron chi connectivity index (χ0n) is 11.3. The fourth-order valence-corrected chi connectivity index (χ4v) is 2.73. The molecule has 1 aromatic rings. The Labute approximate surface area is 122 Å². The zero-order chi connectivity index (χ0) is 14.0. The summed E-state index contributed by atoms with van der Waals surface area (Å²) in [5.74, 6) is -0.250. The Morgan fingerprint density at radius 2 is 2.26 bits per heavy atom. The summed E-state index contributed by atoms with van der Waals surface area (Å²) in [5.41, 5.74) is 6.83. The van der Waals surface area contributed by atoms with E-state index in [4.69, 9.17) is 10.5 Å². The van der Waals surface area contributed by atoms with Gasteiger partial charge in [-0.1, -0.05) is 6.07 Å². The molecule has 19 heavy (non-hydrogen) atoms. The van der Waals surface area contributed by atoms with Crippen molar-refractivity contribution in [2.45, 2.75) is 25.5 Å². The van der Waals surface area contributed by atoms with Crippen LogP contribution in [0.25, 0.3) is 0 Å². The summed E-state index contributed by atoms with van der Waals surface area (Å²) in [4.78, 5) is 2.30. The third-order valence-corrected chi connectivity index (χ3v) is 3.70. The average Bonchev–Trinajstić information content (AvgIpc) is 2.31. The molecule has 0 radical (unpaired) electrons. The fourth-order valence-electron chi connectivity index (χ4n) is 2.34. The van der Waals surface area contributed by atoms with E-state index >= 15 is 0 Å². The Bertz CT molecular complexity index is 448. The van der Waals surface area contributed by atoms with Gasteiger partial charge in [0.25, 0.3) is 0 Å². The van der Waals surface area contributed by atoms with Crippen molar-refractivity contribution in [2.24, 2.45) is 5.73 Å². The number of hydrogen-bond donors (Lipinski definition) is 1. The molecule has 5 heteroatoms. The molecule has 3 nitrogen and oxygen atoms in total. The van der Waals surface area contributed by atoms with Gasteiger partial charge in [0, 0.05) is 25.2 Å². The minimum Gasteiger partial charge on any atom is -0.371 e. The lowest BCUT2D eigenvalue weighted by Gasteiger charge is -2.36. The molecule has 0 bridgehead atoms. The third-order valence-electron chi connectivity index (χ3n) is 3.10. The summed E-state index contributed by atoms with van der Waals surface area (Å²) in [7, 11) is 0. The van der Waals surface area contributed by atoms with E-state index in [0.717, 1.165) is 25.2 Å². The summed E-state index contributed by atoms with van der Waals surface area (Å²) in [6, 6.07) is 5.04. The van der Waals surface area contributed by atoms with E-state index in [1.54, 1.807) is 12.1 Å². The lowest BCUT2D eigenvalue weighted by molar-refractivity contribution is -0.0347. The van der Waals surface area contributed by atoms with E-state index in [-0.39, 0.29) is 17.5 Å². The largest absolute Gasteiger partial charge is 0.371 e. The highest BCUT2D eigenvalue weighted by Gasteiger charge is 2.25. The zero-order valence-corrected chi connectivity index (χ0v) is 12.9. The van der Waals surface area contributed by atoms with Crippen LogP contribution in [0.5, 0.6) is 0 Å². The van der Waals surface area contributed by atoms with Crippen LogP contribution in [0.15, 0.2) is 22.7 Å². The van der Waals surface area contributed by atoms with Gasteiger partial charge < -0.3 is 10.5 Å². The summed E-state index contributed by atoms with van der Waals surface area (Å²) < 4.78 is 19.5. The van der Waals surface area contributed by atoms with Crippen LogP contribution in [0.1, 0.15) is 25.5 Å². The molecule has 0 spiro atoms. The minimum atomic E-state index is -0.250. The normalized spacial score (nSPS) is 21.6. The van der Waals surface area contributed by atoms with E-state index in [2.05, 4.69) is 20.8 Å². The Balaban J connectivity index is 2.06. The number of benzene rings is 1. The molecule has 2 rings (SSSR count). The number of ether oxygens (including phenoxy) is 1. The Hall–Kier alpha value is -0.490. The molecule has 0 saturated carbocycles. The predicted octanol–water partition coefficient (Wildman–Crippen LogP) is 2.70. The monoisotopic (exact) mass is 330 g/mol. The molecule has 1 fully saturated rings. The van der Waals surface area contributed by atoms with Gasteiger partial charge in [0.1, 0.15) is 5.82 Å². The lowest BCUT2D eigenvalue weighted by Crippen LogP contribution is -2.49. The van der Waals surface area contributed by atoms with E-state index in [1.165, 1.54) is 6.07 Å². The second kappa shape index (κ2) is 5.87. The van der Waals surface area contributed by atoms with Crippen LogP contribution in [0, 0.1) is 5.82 Å². The molecule has 106 valence electrons. The Morgan fingerprint density at radius 3 is 2.89 bits per heavy atom. The van der Waals surface area contributed by atoms with Crippen LogP contribution in [0.4, 0.5) is 4.39 Å². The van der Waals surface area contributed by atoms with Crippen LogP contribution in [0.2, 0.25) is 0 Å². The number of rotatable bonds is 3. The molecule has 1 aliphatic rings. The first-order chi connectivity index (χ1) is 8.85. The van der Waals surface area contributed by atoms with Crippen LogP contribution >= 0.6 is 15.9 Å². The molecule has 1 heterocycles. The molecule has 1 saturated heterocycles. The quantitative estimate of drug-likeness (QED) is 0.926. The van der Waals surface area contributed by atoms with Crippen molar-refractivity contribution >= 4 is 15.9 Å². The second-order valence-electron chi connectivity index (χ2n) is 5.76. The number of nitrogens with two attached hydrogens (primary N) is 1. The maximum absolute atomic E-state index is 13.3. The summed E-state index contributed by atoms with van der Waals surface area (Å²) in [6.07, 6.45) is -0.0204. The van der Waals surface area contributed by atoms with Gasteiger partial charge in [-0.2, -0.15) is 0 Å². The maximum atomic E-state index is 13.3. The second-order valence-corrected chi connectivity index (χ2v) is 6.61. The molecule has 1 unspecified atom stereocenters. The van der Waals surface area contributed by atoms with Gasteiger partial charge >= 0.3 is 0 Å². The molecule has 1 aliphatic heterocycles. The predicted molar refractivity (Wildman–Crippen MR) is 77.5 cm³/mol. The average molecular weight is 331 g/mol. The molecule has 1 aromatic carbocycles. The van der Waals surface area contributed by atoms with Gasteiger partial charge in [-0.15, -0.1) is 0 Å². The standard InChI is InChI=1S/C14H20BrFN2O/c1-14(2,17)9-18-5-6-19-13(8-18)10-3-4-12(16)11(15)7-10/h3-4,7,13H,5-6,8-9,17H2,1-2H3. The first-order valence-corrected chi connectivity index (χ1v) is 7.22. The Kier molecular flexibility index (Phi) is 4.61. The van der Waals surface area contributed by atoms with E-state index in [1.807, 2.05) is 13.8 Å². The summed E-state index contributed by atoms with van der Waals surface area (Å²) in [6.45, 7) is 7.22. The highest BCUT2D eigenvalue weighted by Crippen LogP contribution is 2.26. The molecule has 0 amide bonds. The summed E-state index contributed by atoms with van der Waals surface area (Å²) in [5, 5.41) is 0. The Morgan fingerprint density at radius 1 is 1.53 bits per heavy atom. The van der Waals surface area contributed by atoms with Crippen molar-refractivity contribution in [3.8, 4) is 0 Å². The fraction of sp³-hybridized carbons (Fsp3) is 0.571. The van der Waals surface area contributed by atoms with Crippen molar-refractivity contribution in [3.63, 3.8) is 0 Å². The third kappa shape index (κ3) is 4.24. The van der Waals surface area contributed by atoms with Crippen LogP contribution in [-0.2, 0) is 4.74 Å². The van der Waals surface area contributed by atoms with Crippen molar-refractivity contribution in [3.05, 3.63) is 34.1 Å². The molecular formula is C14H20BrFN2O. The smallest absolute Gasteiger partial charge is 0.137 e. The van der Waals surface area contributed by atoms with E-state index < -0.39 is 0 Å². The molecule has 2 N–H and O–H groups in total. The van der Waals surface area contributed by atoms with E-state index in [9.17, 15) is 4.39 Å². The van der Waals surface area contributed by atoms with Crippen molar-refractivity contribution in [1.82, 2.24) is 4.90 Å². The number of halogens is 2. The van der Waals surface area contributed by atoms with E-state index in [0.29, 0.717) is 11.1 Å². The van der Waals surface area contributed by atoms with Gasteiger partial charge in [-0.3, -0.25) is 4.90 Å².